The summed E-state index contributed by atoms with van der Waals surface area (Å²) in [6.07, 6.45) is 0. The molecule has 1 saturated heterocycles. The molecule has 1 N–H and O–H groups in total. The zero-order chi connectivity index (χ0) is 12.5. The minimum Gasteiger partial charge on any atom is -0.486 e. The third-order valence-electron chi connectivity index (χ3n) is 3.37. The van der Waals surface area contributed by atoms with Crippen LogP contribution in [0.15, 0.2) is 18.2 Å². The van der Waals surface area contributed by atoms with Gasteiger partial charge in [0.15, 0.2) is 11.5 Å². The fraction of sp³-hybridized carbons (Fsp3) is 0.462. The van der Waals surface area contributed by atoms with E-state index in [0.717, 1.165) is 24.5 Å². The number of fused-ring (bicyclic) bond motifs is 1. The SMILES string of the molecule is CN(C(=O)C1CNC1)c1ccc2c(c1)OCCO2. The minimum absolute atomic E-state index is 0.100. The molecule has 0 atom stereocenters. The summed E-state index contributed by atoms with van der Waals surface area (Å²) in [5, 5.41) is 3.11. The van der Waals surface area contributed by atoms with E-state index in [4.69, 9.17) is 9.47 Å². The smallest absolute Gasteiger partial charge is 0.232 e. The van der Waals surface area contributed by atoms with Crippen molar-refractivity contribution in [1.29, 1.82) is 0 Å². The van der Waals surface area contributed by atoms with Crippen molar-refractivity contribution in [2.45, 2.75) is 0 Å². The van der Waals surface area contributed by atoms with E-state index in [9.17, 15) is 4.79 Å². The molecular weight excluding hydrogens is 232 g/mol. The Morgan fingerprint density at radius 1 is 1.28 bits per heavy atom. The minimum atomic E-state index is 0.100. The summed E-state index contributed by atoms with van der Waals surface area (Å²) < 4.78 is 11.0. The van der Waals surface area contributed by atoms with E-state index in [0.29, 0.717) is 19.0 Å². The second kappa shape index (κ2) is 4.49. The van der Waals surface area contributed by atoms with E-state index < -0.39 is 0 Å². The fourth-order valence-electron chi connectivity index (χ4n) is 2.11. The van der Waals surface area contributed by atoms with Gasteiger partial charge < -0.3 is 19.7 Å². The molecule has 0 bridgehead atoms. The highest BCUT2D eigenvalue weighted by Crippen LogP contribution is 2.34. The molecule has 1 aromatic rings. The highest BCUT2D eigenvalue weighted by atomic mass is 16.6. The summed E-state index contributed by atoms with van der Waals surface area (Å²) in [6, 6.07) is 5.60. The normalized spacial score (nSPS) is 18.1. The Balaban J connectivity index is 1.80. The summed E-state index contributed by atoms with van der Waals surface area (Å²) in [5.74, 6) is 1.70. The zero-order valence-corrected chi connectivity index (χ0v) is 10.3. The number of nitrogens with zero attached hydrogens (tertiary/aromatic N) is 1. The first kappa shape index (κ1) is 11.3. The molecule has 18 heavy (non-hydrogen) atoms. The van der Waals surface area contributed by atoms with Crippen molar-refractivity contribution in [2.24, 2.45) is 5.92 Å². The molecule has 2 aliphatic rings. The van der Waals surface area contributed by atoms with Gasteiger partial charge in [-0.2, -0.15) is 0 Å². The molecule has 1 fully saturated rings. The number of carbonyl (C=O) groups excluding carboxylic acids is 1. The quantitative estimate of drug-likeness (QED) is 0.834. The van der Waals surface area contributed by atoms with Crippen LogP contribution in [-0.2, 0) is 4.79 Å². The van der Waals surface area contributed by atoms with Crippen LogP contribution in [0, 0.1) is 5.92 Å². The number of anilines is 1. The van der Waals surface area contributed by atoms with E-state index in [1.807, 2.05) is 18.2 Å². The topological polar surface area (TPSA) is 50.8 Å². The lowest BCUT2D eigenvalue weighted by molar-refractivity contribution is -0.123. The number of rotatable bonds is 2. The monoisotopic (exact) mass is 248 g/mol. The van der Waals surface area contributed by atoms with Crippen LogP contribution in [0.1, 0.15) is 0 Å². The highest BCUT2D eigenvalue weighted by molar-refractivity contribution is 5.95. The lowest BCUT2D eigenvalue weighted by Crippen LogP contribution is -2.51. The van der Waals surface area contributed by atoms with Crippen molar-refractivity contribution in [3.63, 3.8) is 0 Å². The average molecular weight is 248 g/mol. The molecule has 96 valence electrons. The first-order chi connectivity index (χ1) is 8.75. The standard InChI is InChI=1S/C13H16N2O3/c1-15(13(16)9-7-14-8-9)10-2-3-11-12(6-10)18-5-4-17-11/h2-3,6,9,14H,4-5,7-8H2,1H3. The van der Waals surface area contributed by atoms with Crippen LogP contribution in [0.5, 0.6) is 11.5 Å². The maximum Gasteiger partial charge on any atom is 0.232 e. The first-order valence-electron chi connectivity index (χ1n) is 6.13. The Morgan fingerprint density at radius 2 is 2.00 bits per heavy atom. The van der Waals surface area contributed by atoms with Crippen LogP contribution in [0.2, 0.25) is 0 Å². The van der Waals surface area contributed by atoms with Crippen LogP contribution in [-0.4, -0.2) is 39.3 Å². The molecule has 2 aliphatic heterocycles. The maximum atomic E-state index is 12.1. The van der Waals surface area contributed by atoms with Crippen LogP contribution < -0.4 is 19.7 Å². The van der Waals surface area contributed by atoms with Gasteiger partial charge in [0.2, 0.25) is 5.91 Å². The van der Waals surface area contributed by atoms with Crippen LogP contribution >= 0.6 is 0 Å². The van der Waals surface area contributed by atoms with Crippen molar-refractivity contribution < 1.29 is 14.3 Å². The Bertz CT molecular complexity index is 471. The number of benzene rings is 1. The zero-order valence-electron chi connectivity index (χ0n) is 10.3. The average Bonchev–Trinajstić information content (AvgIpc) is 2.35. The largest absolute Gasteiger partial charge is 0.486 e. The predicted octanol–water partition coefficient (Wildman–Crippen LogP) is 0.640. The molecule has 5 nitrogen and oxygen atoms in total. The number of carbonyl (C=O) groups is 1. The lowest BCUT2D eigenvalue weighted by atomic mass is 10.0. The van der Waals surface area contributed by atoms with Crippen LogP contribution in [0.3, 0.4) is 0 Å². The lowest BCUT2D eigenvalue weighted by Gasteiger charge is -2.30. The van der Waals surface area contributed by atoms with Crippen molar-refractivity contribution in [3.8, 4) is 11.5 Å². The number of hydrogen-bond donors (Lipinski definition) is 1. The van der Waals surface area contributed by atoms with Gasteiger partial charge in [0.1, 0.15) is 13.2 Å². The molecule has 1 amide bonds. The van der Waals surface area contributed by atoms with Gasteiger partial charge in [-0.15, -0.1) is 0 Å². The van der Waals surface area contributed by atoms with Gasteiger partial charge in [0, 0.05) is 31.9 Å². The molecule has 0 radical (unpaired) electrons. The van der Waals surface area contributed by atoms with E-state index in [2.05, 4.69) is 5.32 Å². The van der Waals surface area contributed by atoms with Crippen LogP contribution in [0.4, 0.5) is 5.69 Å². The molecule has 1 aromatic carbocycles. The first-order valence-corrected chi connectivity index (χ1v) is 6.13. The Kier molecular flexibility index (Phi) is 2.83. The van der Waals surface area contributed by atoms with Gasteiger partial charge in [-0.25, -0.2) is 0 Å². The Hall–Kier alpha value is -1.75. The van der Waals surface area contributed by atoms with E-state index in [1.54, 1.807) is 11.9 Å². The van der Waals surface area contributed by atoms with Crippen molar-refractivity contribution in [1.82, 2.24) is 5.32 Å². The van der Waals surface area contributed by atoms with E-state index >= 15 is 0 Å². The van der Waals surface area contributed by atoms with Crippen molar-refractivity contribution in [2.75, 3.05) is 38.3 Å². The third kappa shape index (κ3) is 1.90. The van der Waals surface area contributed by atoms with Gasteiger partial charge in [-0.05, 0) is 12.1 Å². The van der Waals surface area contributed by atoms with Gasteiger partial charge >= 0.3 is 0 Å². The summed E-state index contributed by atoms with van der Waals surface area (Å²) in [4.78, 5) is 13.8. The molecule has 3 rings (SSSR count). The Labute approximate surface area is 106 Å². The van der Waals surface area contributed by atoms with Gasteiger partial charge in [-0.3, -0.25) is 4.79 Å². The number of nitrogens with one attached hydrogen (secondary N) is 1. The third-order valence-corrected chi connectivity index (χ3v) is 3.37. The van der Waals surface area contributed by atoms with Crippen molar-refractivity contribution in [3.05, 3.63) is 18.2 Å². The van der Waals surface area contributed by atoms with E-state index in [-0.39, 0.29) is 11.8 Å². The molecular formula is C13H16N2O3. The molecule has 2 heterocycles. The second-order valence-electron chi connectivity index (χ2n) is 4.58. The van der Waals surface area contributed by atoms with Crippen LogP contribution in [0.25, 0.3) is 0 Å². The molecule has 0 aliphatic carbocycles. The predicted molar refractivity (Wildman–Crippen MR) is 67.2 cm³/mol. The Morgan fingerprint density at radius 3 is 2.67 bits per heavy atom. The molecule has 0 unspecified atom stereocenters. The van der Waals surface area contributed by atoms with Crippen molar-refractivity contribution >= 4 is 11.6 Å². The van der Waals surface area contributed by atoms with Gasteiger partial charge in [0.05, 0.1) is 5.92 Å². The van der Waals surface area contributed by atoms with Gasteiger partial charge in [-0.1, -0.05) is 0 Å². The summed E-state index contributed by atoms with van der Waals surface area (Å²) in [6.45, 7) is 2.68. The number of hydrogen-bond acceptors (Lipinski definition) is 4. The second-order valence-corrected chi connectivity index (χ2v) is 4.58. The number of ether oxygens (including phenoxy) is 2. The molecule has 0 spiro atoms. The summed E-state index contributed by atoms with van der Waals surface area (Å²) in [5.41, 5.74) is 0.844. The maximum absolute atomic E-state index is 12.1. The fourth-order valence-corrected chi connectivity index (χ4v) is 2.11. The summed E-state index contributed by atoms with van der Waals surface area (Å²) >= 11 is 0. The van der Waals surface area contributed by atoms with Gasteiger partial charge in [0.25, 0.3) is 0 Å². The molecule has 0 aromatic heterocycles. The highest BCUT2D eigenvalue weighted by Gasteiger charge is 2.28. The number of amides is 1. The van der Waals surface area contributed by atoms with E-state index in [1.165, 1.54) is 0 Å². The summed E-state index contributed by atoms with van der Waals surface area (Å²) in [7, 11) is 1.80. The molecule has 0 saturated carbocycles. The molecule has 5 heteroatoms.